The maximum Gasteiger partial charge on any atom is 0.343 e. The van der Waals surface area contributed by atoms with Gasteiger partial charge >= 0.3 is 11.9 Å². The number of ether oxygens (including phenoxy) is 2. The Morgan fingerprint density at radius 1 is 1.06 bits per heavy atom. The molecule has 0 saturated heterocycles. The number of fused-ring (bicyclic) bond motifs is 1. The molecule has 1 heterocycles. The van der Waals surface area contributed by atoms with Crippen LogP contribution in [0.1, 0.15) is 53.8 Å². The van der Waals surface area contributed by atoms with Crippen molar-refractivity contribution in [2.24, 2.45) is 0 Å². The lowest BCUT2D eigenvalue weighted by molar-refractivity contribution is -0.136. The number of hydrogen-bond donors (Lipinski definition) is 2. The standard InChI is InChI=1S/C25H24O6/c1-17(26)30-21-12-8-3-2-4-9-13-23(18-10-6-5-7-11-18)31-25(29)24-19(15-21)14-20(27)16-22(24)28/h4-12,14-16,23,27-28H,2-3,13H2,1H3/b9-4+,12-8+,21-15-/t23-/m1/s1. The molecule has 0 radical (unpaired) electrons. The molecule has 2 N–H and O–H groups in total. The summed E-state index contributed by atoms with van der Waals surface area (Å²) in [6.45, 7) is 1.27. The molecule has 0 amide bonds. The summed E-state index contributed by atoms with van der Waals surface area (Å²) in [6, 6.07) is 11.7. The number of esters is 2. The van der Waals surface area contributed by atoms with E-state index in [2.05, 4.69) is 0 Å². The molecule has 31 heavy (non-hydrogen) atoms. The van der Waals surface area contributed by atoms with E-state index in [1.54, 1.807) is 6.08 Å². The highest BCUT2D eigenvalue weighted by Crippen LogP contribution is 2.32. The van der Waals surface area contributed by atoms with Crippen LogP contribution >= 0.6 is 0 Å². The number of rotatable bonds is 2. The van der Waals surface area contributed by atoms with Gasteiger partial charge in [0.15, 0.2) is 0 Å². The fraction of sp³-hybridized carbons (Fsp3) is 0.200. The molecule has 0 spiro atoms. The zero-order valence-corrected chi connectivity index (χ0v) is 17.2. The van der Waals surface area contributed by atoms with Crippen molar-refractivity contribution in [2.75, 3.05) is 0 Å². The lowest BCUT2D eigenvalue weighted by atomic mass is 10.0. The van der Waals surface area contributed by atoms with Gasteiger partial charge in [0, 0.05) is 25.0 Å². The van der Waals surface area contributed by atoms with Crippen LogP contribution in [0.4, 0.5) is 0 Å². The van der Waals surface area contributed by atoms with Crippen molar-refractivity contribution in [1.82, 2.24) is 0 Å². The number of hydrogen-bond acceptors (Lipinski definition) is 6. The van der Waals surface area contributed by atoms with Crippen LogP contribution in [-0.2, 0) is 14.3 Å². The van der Waals surface area contributed by atoms with E-state index in [-0.39, 0.29) is 22.6 Å². The molecule has 3 rings (SSSR count). The number of carbonyl (C=O) groups is 2. The van der Waals surface area contributed by atoms with Crippen LogP contribution < -0.4 is 0 Å². The zero-order valence-electron chi connectivity index (χ0n) is 17.2. The molecule has 2 aromatic carbocycles. The van der Waals surface area contributed by atoms with Crippen LogP contribution in [0, 0.1) is 0 Å². The third-order valence-corrected chi connectivity index (χ3v) is 4.62. The topological polar surface area (TPSA) is 93.1 Å². The van der Waals surface area contributed by atoms with Crippen molar-refractivity contribution >= 4 is 18.0 Å². The van der Waals surface area contributed by atoms with Crippen molar-refractivity contribution in [3.05, 3.63) is 89.2 Å². The van der Waals surface area contributed by atoms with E-state index < -0.39 is 23.8 Å². The number of allylic oxidation sites excluding steroid dienone is 3. The quantitative estimate of drug-likeness (QED) is 0.513. The molecule has 0 aromatic heterocycles. The molecule has 0 bridgehead atoms. The first-order chi connectivity index (χ1) is 14.9. The Bertz CT molecular complexity index is 1030. The minimum Gasteiger partial charge on any atom is -0.508 e. The third kappa shape index (κ3) is 6.09. The third-order valence-electron chi connectivity index (χ3n) is 4.62. The number of aromatic hydroxyl groups is 2. The van der Waals surface area contributed by atoms with Gasteiger partial charge in [0.1, 0.15) is 28.9 Å². The Hall–Kier alpha value is -3.80. The smallest absolute Gasteiger partial charge is 0.343 e. The van der Waals surface area contributed by atoms with Gasteiger partial charge in [-0.1, -0.05) is 48.6 Å². The highest BCUT2D eigenvalue weighted by atomic mass is 16.5. The largest absolute Gasteiger partial charge is 0.508 e. The number of benzene rings is 2. The maximum atomic E-state index is 13.1. The van der Waals surface area contributed by atoms with Crippen LogP contribution in [0.15, 0.2) is 72.5 Å². The minimum atomic E-state index is -0.755. The second-order valence-corrected chi connectivity index (χ2v) is 7.06. The first kappa shape index (κ1) is 21.9. The summed E-state index contributed by atoms with van der Waals surface area (Å²) < 4.78 is 11.0. The summed E-state index contributed by atoms with van der Waals surface area (Å²) in [6.07, 6.45) is 10.2. The van der Waals surface area contributed by atoms with E-state index in [0.717, 1.165) is 18.1 Å². The van der Waals surface area contributed by atoms with E-state index in [0.29, 0.717) is 12.8 Å². The van der Waals surface area contributed by atoms with E-state index in [1.807, 2.05) is 48.6 Å². The summed E-state index contributed by atoms with van der Waals surface area (Å²) in [7, 11) is 0. The predicted molar refractivity (Wildman–Crippen MR) is 116 cm³/mol. The molecule has 0 fully saturated rings. The molecule has 160 valence electrons. The van der Waals surface area contributed by atoms with Crippen LogP contribution in [0.2, 0.25) is 0 Å². The van der Waals surface area contributed by atoms with Crippen molar-refractivity contribution in [3.8, 4) is 11.5 Å². The van der Waals surface area contributed by atoms with E-state index in [4.69, 9.17) is 9.47 Å². The molecule has 1 aliphatic heterocycles. The van der Waals surface area contributed by atoms with Crippen LogP contribution in [0.25, 0.3) is 6.08 Å². The average molecular weight is 420 g/mol. The fourth-order valence-corrected chi connectivity index (χ4v) is 3.24. The number of carbonyl (C=O) groups excluding carboxylic acids is 2. The Morgan fingerprint density at radius 2 is 1.81 bits per heavy atom. The normalized spacial score (nSPS) is 20.9. The van der Waals surface area contributed by atoms with Gasteiger partial charge in [0.2, 0.25) is 0 Å². The lowest BCUT2D eigenvalue weighted by Gasteiger charge is -2.19. The number of phenols is 2. The second-order valence-electron chi connectivity index (χ2n) is 7.06. The first-order valence-electron chi connectivity index (χ1n) is 9.97. The zero-order chi connectivity index (χ0) is 22.2. The molecule has 0 aliphatic carbocycles. The number of phenolic OH excluding ortho intramolecular Hbond substituents is 2. The van der Waals surface area contributed by atoms with Gasteiger partial charge in [0.25, 0.3) is 0 Å². The highest BCUT2D eigenvalue weighted by Gasteiger charge is 2.23. The highest BCUT2D eigenvalue weighted by molar-refractivity contribution is 5.97. The molecule has 0 saturated carbocycles. The van der Waals surface area contributed by atoms with Crippen molar-refractivity contribution in [1.29, 1.82) is 0 Å². The Balaban J connectivity index is 2.09. The van der Waals surface area contributed by atoms with E-state index in [1.165, 1.54) is 19.1 Å². The lowest BCUT2D eigenvalue weighted by Crippen LogP contribution is -2.13. The Labute approximate surface area is 180 Å². The first-order valence-corrected chi connectivity index (χ1v) is 9.97. The molecule has 0 unspecified atom stereocenters. The van der Waals surface area contributed by atoms with Crippen LogP contribution in [-0.4, -0.2) is 22.2 Å². The van der Waals surface area contributed by atoms with Gasteiger partial charge in [-0.25, -0.2) is 4.79 Å². The van der Waals surface area contributed by atoms with Gasteiger partial charge in [-0.15, -0.1) is 0 Å². The monoisotopic (exact) mass is 420 g/mol. The van der Waals surface area contributed by atoms with Gasteiger partial charge in [-0.2, -0.15) is 0 Å². The van der Waals surface area contributed by atoms with Gasteiger partial charge < -0.3 is 19.7 Å². The summed E-state index contributed by atoms with van der Waals surface area (Å²) in [5, 5.41) is 20.4. The van der Waals surface area contributed by atoms with Crippen molar-refractivity contribution < 1.29 is 29.3 Å². The van der Waals surface area contributed by atoms with Gasteiger partial charge in [-0.05, 0) is 36.6 Å². The van der Waals surface area contributed by atoms with Crippen molar-refractivity contribution in [3.63, 3.8) is 0 Å². The van der Waals surface area contributed by atoms with E-state index >= 15 is 0 Å². The van der Waals surface area contributed by atoms with Gasteiger partial charge in [0.05, 0.1) is 0 Å². The summed E-state index contributed by atoms with van der Waals surface area (Å²) >= 11 is 0. The molecular formula is C25H24O6. The molecule has 1 atom stereocenters. The predicted octanol–water partition coefficient (Wildman–Crippen LogP) is 5.20. The number of cyclic esters (lactones) is 1. The van der Waals surface area contributed by atoms with Crippen LogP contribution in [0.3, 0.4) is 0 Å². The fourth-order valence-electron chi connectivity index (χ4n) is 3.24. The maximum absolute atomic E-state index is 13.1. The second kappa shape index (κ2) is 10.3. The molecule has 1 aliphatic rings. The summed E-state index contributed by atoms with van der Waals surface area (Å²) in [5.74, 6) is -1.79. The van der Waals surface area contributed by atoms with Crippen LogP contribution in [0.5, 0.6) is 11.5 Å². The van der Waals surface area contributed by atoms with Crippen molar-refractivity contribution in [2.45, 2.75) is 32.3 Å². The summed E-state index contributed by atoms with van der Waals surface area (Å²) in [5.41, 5.74) is 0.865. The molecule has 6 heteroatoms. The Kier molecular flexibility index (Phi) is 7.27. The Morgan fingerprint density at radius 3 is 2.55 bits per heavy atom. The summed E-state index contributed by atoms with van der Waals surface area (Å²) in [4.78, 5) is 24.6. The SMILES string of the molecule is CC(=O)OC1=C\c2cc(O)cc(O)c2C(=O)O[C@@H](c2ccccc2)C/C=C/CC\C=C\1. The average Bonchev–Trinajstić information content (AvgIpc) is 2.71. The molecule has 2 aromatic rings. The molecule has 6 nitrogen and oxygen atoms in total. The minimum absolute atomic E-state index is 0.127. The van der Waals surface area contributed by atoms with E-state index in [9.17, 15) is 19.8 Å². The molecular weight excluding hydrogens is 396 g/mol. The van der Waals surface area contributed by atoms with Gasteiger partial charge in [-0.3, -0.25) is 4.79 Å².